The molecule has 1 unspecified atom stereocenters. The summed E-state index contributed by atoms with van der Waals surface area (Å²) >= 11 is 0. The molecule has 1 aromatic heterocycles. The molecule has 17 heavy (non-hydrogen) atoms. The summed E-state index contributed by atoms with van der Waals surface area (Å²) in [6.07, 6.45) is 2.72. The molecule has 0 spiro atoms. The first-order valence-corrected chi connectivity index (χ1v) is 6.77. The van der Waals surface area contributed by atoms with Crippen LogP contribution in [0.4, 0.5) is 0 Å². The molecule has 6 nitrogen and oxygen atoms in total. The lowest BCUT2D eigenvalue weighted by Crippen LogP contribution is -2.43. The second-order valence-corrected chi connectivity index (χ2v) is 5.56. The molecular formula is C10H15N3O3S. The number of nitrogens with zero attached hydrogens (tertiary/aromatic N) is 1. The van der Waals surface area contributed by atoms with Gasteiger partial charge in [-0.1, -0.05) is 0 Å². The number of aromatic nitrogens is 1. The van der Waals surface area contributed by atoms with Crippen molar-refractivity contribution >= 4 is 10.0 Å². The van der Waals surface area contributed by atoms with E-state index in [9.17, 15) is 8.42 Å². The number of pyridine rings is 1. The number of rotatable bonds is 4. The monoisotopic (exact) mass is 257 g/mol. The molecule has 2 rings (SSSR count). The molecule has 2 atom stereocenters. The quantitative estimate of drug-likeness (QED) is 0.749. The van der Waals surface area contributed by atoms with E-state index in [1.807, 2.05) is 0 Å². The Morgan fingerprint density at radius 3 is 3.00 bits per heavy atom. The average Bonchev–Trinajstić information content (AvgIpc) is 2.77. The predicted molar refractivity (Wildman–Crippen MR) is 62.0 cm³/mol. The Kier molecular flexibility index (Phi) is 3.72. The Labute approximate surface area is 100 Å². The van der Waals surface area contributed by atoms with Gasteiger partial charge in [0.25, 0.3) is 0 Å². The average molecular weight is 257 g/mol. The molecule has 7 heteroatoms. The van der Waals surface area contributed by atoms with Crippen molar-refractivity contribution in [2.45, 2.75) is 17.0 Å². The Bertz CT molecular complexity index is 463. The van der Waals surface area contributed by atoms with Crippen molar-refractivity contribution in [2.24, 2.45) is 0 Å². The molecule has 1 aliphatic rings. The first-order valence-electron chi connectivity index (χ1n) is 5.29. The Morgan fingerprint density at radius 2 is 2.35 bits per heavy atom. The topological polar surface area (TPSA) is 80.3 Å². The van der Waals surface area contributed by atoms with E-state index in [0.717, 1.165) is 0 Å². The van der Waals surface area contributed by atoms with Gasteiger partial charge in [-0.05, 0) is 12.1 Å². The van der Waals surface area contributed by atoms with Gasteiger partial charge in [-0.25, -0.2) is 13.1 Å². The van der Waals surface area contributed by atoms with Crippen molar-refractivity contribution in [3.8, 4) is 0 Å². The van der Waals surface area contributed by atoms with Crippen molar-refractivity contribution < 1.29 is 13.2 Å². The zero-order chi connectivity index (χ0) is 12.3. The summed E-state index contributed by atoms with van der Waals surface area (Å²) in [5.41, 5.74) is 0. The summed E-state index contributed by atoms with van der Waals surface area (Å²) in [6, 6.07) is 2.86. The number of methoxy groups -OCH3 is 1. The van der Waals surface area contributed by atoms with Gasteiger partial charge in [0, 0.05) is 32.6 Å². The van der Waals surface area contributed by atoms with Crippen LogP contribution in [0.1, 0.15) is 0 Å². The zero-order valence-electron chi connectivity index (χ0n) is 9.46. The first kappa shape index (κ1) is 12.4. The van der Waals surface area contributed by atoms with Gasteiger partial charge in [-0.3, -0.25) is 4.98 Å². The fraction of sp³-hybridized carbons (Fsp3) is 0.500. The summed E-state index contributed by atoms with van der Waals surface area (Å²) in [6.45, 7) is 1.22. The molecule has 0 aliphatic carbocycles. The van der Waals surface area contributed by atoms with Crippen LogP contribution in [0, 0.1) is 0 Å². The van der Waals surface area contributed by atoms with Crippen LogP contribution in [0.5, 0.6) is 0 Å². The predicted octanol–water partition coefficient (Wildman–Crippen LogP) is -0.653. The third kappa shape index (κ3) is 2.81. The van der Waals surface area contributed by atoms with Crippen LogP contribution in [0.2, 0.25) is 0 Å². The molecule has 0 saturated carbocycles. The number of hydrogen-bond donors (Lipinski definition) is 2. The Morgan fingerprint density at radius 1 is 1.53 bits per heavy atom. The second-order valence-electron chi connectivity index (χ2n) is 3.85. The SMILES string of the molecule is CO[C@@H]1CNCC1NS(=O)(=O)c1cccnc1. The summed E-state index contributed by atoms with van der Waals surface area (Å²) in [7, 11) is -1.95. The van der Waals surface area contributed by atoms with E-state index in [4.69, 9.17) is 4.74 Å². The van der Waals surface area contributed by atoms with E-state index in [2.05, 4.69) is 15.0 Å². The van der Waals surface area contributed by atoms with Crippen LogP contribution >= 0.6 is 0 Å². The van der Waals surface area contributed by atoms with Crippen LogP contribution in [-0.2, 0) is 14.8 Å². The molecule has 0 aromatic carbocycles. The number of hydrogen-bond acceptors (Lipinski definition) is 5. The van der Waals surface area contributed by atoms with Crippen molar-refractivity contribution in [3.63, 3.8) is 0 Å². The molecular weight excluding hydrogens is 242 g/mol. The van der Waals surface area contributed by atoms with Crippen molar-refractivity contribution in [1.82, 2.24) is 15.0 Å². The van der Waals surface area contributed by atoms with E-state index in [0.29, 0.717) is 13.1 Å². The molecule has 0 radical (unpaired) electrons. The lowest BCUT2D eigenvalue weighted by molar-refractivity contribution is 0.103. The molecule has 2 heterocycles. The van der Waals surface area contributed by atoms with Gasteiger partial charge in [0.05, 0.1) is 12.1 Å². The zero-order valence-corrected chi connectivity index (χ0v) is 10.3. The van der Waals surface area contributed by atoms with Crippen molar-refractivity contribution in [3.05, 3.63) is 24.5 Å². The van der Waals surface area contributed by atoms with Gasteiger partial charge in [0.2, 0.25) is 10.0 Å². The van der Waals surface area contributed by atoms with Crippen molar-refractivity contribution in [2.75, 3.05) is 20.2 Å². The number of nitrogens with one attached hydrogen (secondary N) is 2. The third-order valence-corrected chi connectivity index (χ3v) is 4.19. The minimum Gasteiger partial charge on any atom is -0.378 e. The molecule has 94 valence electrons. The maximum absolute atomic E-state index is 12.0. The smallest absolute Gasteiger partial charge is 0.242 e. The van der Waals surface area contributed by atoms with Crippen LogP contribution in [0.25, 0.3) is 0 Å². The standard InChI is InChI=1S/C10H15N3O3S/c1-16-10-7-12-6-9(10)13-17(14,15)8-3-2-4-11-5-8/h2-5,9-10,12-13H,6-7H2,1H3/t9?,10-/m1/s1. The van der Waals surface area contributed by atoms with Gasteiger partial charge < -0.3 is 10.1 Å². The van der Waals surface area contributed by atoms with Crippen LogP contribution in [0.3, 0.4) is 0 Å². The van der Waals surface area contributed by atoms with Gasteiger partial charge in [0.1, 0.15) is 4.90 Å². The van der Waals surface area contributed by atoms with Crippen LogP contribution in [-0.4, -0.2) is 45.7 Å². The fourth-order valence-corrected chi connectivity index (χ4v) is 3.02. The largest absolute Gasteiger partial charge is 0.378 e. The first-order chi connectivity index (χ1) is 8.13. The van der Waals surface area contributed by atoms with E-state index < -0.39 is 10.0 Å². The lowest BCUT2D eigenvalue weighted by Gasteiger charge is -2.18. The second kappa shape index (κ2) is 5.09. The van der Waals surface area contributed by atoms with E-state index >= 15 is 0 Å². The van der Waals surface area contributed by atoms with Gasteiger partial charge in [-0.15, -0.1) is 0 Å². The lowest BCUT2D eigenvalue weighted by atomic mass is 10.2. The minimum absolute atomic E-state index is 0.138. The summed E-state index contributed by atoms with van der Waals surface area (Å²) in [5, 5.41) is 3.08. The molecule has 2 N–H and O–H groups in total. The minimum atomic E-state index is -3.52. The number of sulfonamides is 1. The number of ether oxygens (including phenoxy) is 1. The Balaban J connectivity index is 2.13. The van der Waals surface area contributed by atoms with Crippen molar-refractivity contribution in [1.29, 1.82) is 0 Å². The van der Waals surface area contributed by atoms with Gasteiger partial charge >= 0.3 is 0 Å². The van der Waals surface area contributed by atoms with Gasteiger partial charge in [-0.2, -0.15) is 0 Å². The molecule has 1 saturated heterocycles. The highest BCUT2D eigenvalue weighted by Crippen LogP contribution is 2.10. The van der Waals surface area contributed by atoms with E-state index in [1.54, 1.807) is 13.2 Å². The summed E-state index contributed by atoms with van der Waals surface area (Å²) in [5.74, 6) is 0. The van der Waals surface area contributed by atoms with Crippen LogP contribution < -0.4 is 10.0 Å². The maximum atomic E-state index is 12.0. The maximum Gasteiger partial charge on any atom is 0.242 e. The fourth-order valence-electron chi connectivity index (χ4n) is 1.79. The van der Waals surface area contributed by atoms with E-state index in [1.165, 1.54) is 18.5 Å². The molecule has 0 amide bonds. The molecule has 0 bridgehead atoms. The highest BCUT2D eigenvalue weighted by atomic mass is 32.2. The third-order valence-electron chi connectivity index (χ3n) is 2.71. The summed E-state index contributed by atoms with van der Waals surface area (Å²) in [4.78, 5) is 3.97. The molecule has 1 aliphatic heterocycles. The molecule has 1 fully saturated rings. The van der Waals surface area contributed by atoms with Crippen LogP contribution in [0.15, 0.2) is 29.4 Å². The summed E-state index contributed by atoms with van der Waals surface area (Å²) < 4.78 is 31.8. The highest BCUT2D eigenvalue weighted by Gasteiger charge is 2.31. The normalized spacial score (nSPS) is 25.0. The molecule has 1 aromatic rings. The van der Waals surface area contributed by atoms with E-state index in [-0.39, 0.29) is 17.0 Å². The highest BCUT2D eigenvalue weighted by molar-refractivity contribution is 7.89. The Hall–Kier alpha value is -1.02. The van der Waals surface area contributed by atoms with Gasteiger partial charge in [0.15, 0.2) is 0 Å².